The van der Waals surface area contributed by atoms with Crippen molar-refractivity contribution in [2.45, 2.75) is 25.7 Å². The first-order valence-electron chi connectivity index (χ1n) is 10.2. The average molecular weight is 454 g/mol. The van der Waals surface area contributed by atoms with Gasteiger partial charge in [-0.3, -0.25) is 9.69 Å². The summed E-state index contributed by atoms with van der Waals surface area (Å²) in [4.78, 5) is 16.8. The van der Waals surface area contributed by atoms with E-state index in [1.165, 1.54) is 16.0 Å². The van der Waals surface area contributed by atoms with Crippen LogP contribution in [0.4, 0.5) is 5.00 Å². The Balaban J connectivity index is 1.26. The van der Waals surface area contributed by atoms with Crippen molar-refractivity contribution in [1.29, 1.82) is 0 Å². The van der Waals surface area contributed by atoms with Crippen molar-refractivity contribution in [1.82, 2.24) is 10.2 Å². The Morgan fingerprint density at radius 3 is 2.77 bits per heavy atom. The SMILES string of the molecule is O=C1N[C@H](c2cc3c(cc2Cl)OCO3)Nc2sc3c(c21)CCN(Cc1ccccc1)C3. The molecule has 6 nitrogen and oxygen atoms in total. The highest BCUT2D eigenvalue weighted by Gasteiger charge is 2.34. The summed E-state index contributed by atoms with van der Waals surface area (Å²) in [7, 11) is 0. The molecule has 158 valence electrons. The molecule has 1 atom stereocenters. The second-order valence-corrected chi connectivity index (χ2v) is 9.44. The number of hydrogen-bond acceptors (Lipinski definition) is 6. The van der Waals surface area contributed by atoms with Gasteiger partial charge in [-0.15, -0.1) is 11.3 Å². The number of benzene rings is 2. The summed E-state index contributed by atoms with van der Waals surface area (Å²) in [6.45, 7) is 2.89. The van der Waals surface area contributed by atoms with Crippen LogP contribution in [-0.2, 0) is 19.5 Å². The van der Waals surface area contributed by atoms with Gasteiger partial charge in [0.05, 0.1) is 10.6 Å². The van der Waals surface area contributed by atoms with Crippen LogP contribution in [0.1, 0.15) is 38.1 Å². The van der Waals surface area contributed by atoms with E-state index < -0.39 is 6.17 Å². The van der Waals surface area contributed by atoms with Crippen molar-refractivity contribution >= 4 is 33.8 Å². The number of nitrogens with zero attached hydrogens (tertiary/aromatic N) is 1. The molecule has 1 aromatic heterocycles. The first-order chi connectivity index (χ1) is 15.2. The van der Waals surface area contributed by atoms with Gasteiger partial charge < -0.3 is 20.1 Å². The lowest BCUT2D eigenvalue weighted by molar-refractivity contribution is 0.0934. The fraction of sp³-hybridized carbons (Fsp3) is 0.261. The largest absolute Gasteiger partial charge is 0.454 e. The summed E-state index contributed by atoms with van der Waals surface area (Å²) in [6, 6.07) is 14.1. The van der Waals surface area contributed by atoms with E-state index >= 15 is 0 Å². The van der Waals surface area contributed by atoms with Gasteiger partial charge in [0.25, 0.3) is 5.91 Å². The van der Waals surface area contributed by atoms with Crippen LogP contribution in [-0.4, -0.2) is 24.1 Å². The summed E-state index contributed by atoms with van der Waals surface area (Å²) >= 11 is 8.16. The third-order valence-corrected chi connectivity index (χ3v) is 7.44. The molecule has 0 aliphatic carbocycles. The molecule has 2 N–H and O–H groups in total. The molecule has 0 spiro atoms. The van der Waals surface area contributed by atoms with E-state index in [9.17, 15) is 4.79 Å². The molecule has 0 fully saturated rings. The Hall–Kier alpha value is -2.74. The predicted molar refractivity (Wildman–Crippen MR) is 120 cm³/mol. The van der Waals surface area contributed by atoms with Crippen molar-refractivity contribution in [2.75, 3.05) is 18.7 Å². The number of nitrogens with one attached hydrogen (secondary N) is 2. The Morgan fingerprint density at radius 2 is 1.94 bits per heavy atom. The molecule has 31 heavy (non-hydrogen) atoms. The fourth-order valence-electron chi connectivity index (χ4n) is 4.45. The first-order valence-corrected chi connectivity index (χ1v) is 11.4. The van der Waals surface area contributed by atoms with Crippen LogP contribution in [0.5, 0.6) is 11.5 Å². The minimum absolute atomic E-state index is 0.0542. The predicted octanol–water partition coefficient (Wildman–Crippen LogP) is 4.54. The normalized spacial score (nSPS) is 19.4. The van der Waals surface area contributed by atoms with Gasteiger partial charge in [-0.05, 0) is 23.6 Å². The lowest BCUT2D eigenvalue weighted by atomic mass is 10.00. The van der Waals surface area contributed by atoms with E-state index in [2.05, 4.69) is 39.8 Å². The number of hydrogen-bond donors (Lipinski definition) is 2. The van der Waals surface area contributed by atoms with E-state index in [1.807, 2.05) is 12.1 Å². The lowest BCUT2D eigenvalue weighted by Gasteiger charge is -2.29. The lowest BCUT2D eigenvalue weighted by Crippen LogP contribution is -2.39. The summed E-state index contributed by atoms with van der Waals surface area (Å²) in [5, 5.41) is 7.99. The molecule has 3 aliphatic rings. The molecule has 0 saturated heterocycles. The maximum absolute atomic E-state index is 13.1. The Labute approximate surface area is 188 Å². The van der Waals surface area contributed by atoms with Crippen molar-refractivity contribution in [3.8, 4) is 11.5 Å². The second-order valence-electron chi connectivity index (χ2n) is 7.93. The number of anilines is 1. The van der Waals surface area contributed by atoms with Gasteiger partial charge in [-0.2, -0.15) is 0 Å². The molecule has 2 aromatic carbocycles. The van der Waals surface area contributed by atoms with Crippen molar-refractivity contribution in [3.63, 3.8) is 0 Å². The second kappa shape index (κ2) is 7.44. The van der Waals surface area contributed by atoms with Gasteiger partial charge in [-0.25, -0.2) is 0 Å². The van der Waals surface area contributed by atoms with Gasteiger partial charge in [0.15, 0.2) is 11.5 Å². The fourth-order valence-corrected chi connectivity index (χ4v) is 6.03. The minimum Gasteiger partial charge on any atom is -0.454 e. The van der Waals surface area contributed by atoms with Crippen molar-refractivity contribution in [2.24, 2.45) is 0 Å². The van der Waals surface area contributed by atoms with Crippen LogP contribution in [0.2, 0.25) is 5.02 Å². The maximum Gasteiger partial charge on any atom is 0.256 e. The van der Waals surface area contributed by atoms with Crippen LogP contribution >= 0.6 is 22.9 Å². The molecule has 1 amide bonds. The topological polar surface area (TPSA) is 62.8 Å². The Morgan fingerprint density at radius 1 is 1.13 bits per heavy atom. The zero-order chi connectivity index (χ0) is 20.9. The smallest absolute Gasteiger partial charge is 0.256 e. The summed E-state index contributed by atoms with van der Waals surface area (Å²) in [5.74, 6) is 1.21. The molecule has 0 unspecified atom stereocenters. The van der Waals surface area contributed by atoms with Gasteiger partial charge in [0.1, 0.15) is 11.2 Å². The Kier molecular flexibility index (Phi) is 4.56. The number of carbonyl (C=O) groups is 1. The third-order valence-electron chi connectivity index (χ3n) is 5.97. The molecule has 0 saturated carbocycles. The number of halogens is 1. The van der Waals surface area contributed by atoms with E-state index in [1.54, 1.807) is 17.4 Å². The highest BCUT2D eigenvalue weighted by molar-refractivity contribution is 7.16. The number of thiophene rings is 1. The molecule has 0 bridgehead atoms. The highest BCUT2D eigenvalue weighted by Crippen LogP contribution is 2.44. The van der Waals surface area contributed by atoms with Crippen LogP contribution in [0.15, 0.2) is 42.5 Å². The Bertz CT molecular complexity index is 1180. The number of rotatable bonds is 3. The summed E-state index contributed by atoms with van der Waals surface area (Å²) in [6.07, 6.45) is 0.459. The van der Waals surface area contributed by atoms with Crippen LogP contribution in [0, 0.1) is 0 Å². The van der Waals surface area contributed by atoms with Gasteiger partial charge in [-0.1, -0.05) is 41.9 Å². The molecule has 3 aliphatic heterocycles. The van der Waals surface area contributed by atoms with Gasteiger partial charge >= 0.3 is 0 Å². The van der Waals surface area contributed by atoms with E-state index in [4.69, 9.17) is 21.1 Å². The number of ether oxygens (including phenoxy) is 2. The standard InChI is InChI=1S/C23H20ClN3O3S/c24-16-9-18-17(29-12-30-18)8-15(16)21-25-22(28)20-14-6-7-27(10-13-4-2-1-3-5-13)11-19(14)31-23(20)26-21/h1-5,8-9,21,26H,6-7,10-12H2,(H,25,28)/t21-/m0/s1. The summed E-state index contributed by atoms with van der Waals surface area (Å²) in [5.41, 5.74) is 4.03. The minimum atomic E-state index is -0.414. The maximum atomic E-state index is 13.1. The molecular weight excluding hydrogens is 434 g/mol. The van der Waals surface area contributed by atoms with Crippen LogP contribution < -0.4 is 20.1 Å². The number of carbonyl (C=O) groups excluding carboxylic acids is 1. The van der Waals surface area contributed by atoms with Gasteiger partial charge in [0.2, 0.25) is 6.79 Å². The zero-order valence-electron chi connectivity index (χ0n) is 16.6. The molecule has 8 heteroatoms. The first kappa shape index (κ1) is 19.0. The molecule has 4 heterocycles. The van der Waals surface area contributed by atoms with E-state index in [0.29, 0.717) is 16.5 Å². The van der Waals surface area contributed by atoms with Crippen molar-refractivity contribution in [3.05, 3.63) is 74.6 Å². The zero-order valence-corrected chi connectivity index (χ0v) is 18.2. The average Bonchev–Trinajstić information content (AvgIpc) is 3.37. The van der Waals surface area contributed by atoms with Crippen LogP contribution in [0.25, 0.3) is 0 Å². The van der Waals surface area contributed by atoms with E-state index in [-0.39, 0.29) is 12.7 Å². The van der Waals surface area contributed by atoms with Gasteiger partial charge in [0, 0.05) is 36.1 Å². The molecule has 3 aromatic rings. The molecule has 0 radical (unpaired) electrons. The third kappa shape index (κ3) is 3.33. The number of fused-ring (bicyclic) bond motifs is 4. The highest BCUT2D eigenvalue weighted by atomic mass is 35.5. The summed E-state index contributed by atoms with van der Waals surface area (Å²) < 4.78 is 10.9. The van der Waals surface area contributed by atoms with Crippen LogP contribution in [0.3, 0.4) is 0 Å². The molecule has 6 rings (SSSR count). The number of amides is 1. The monoisotopic (exact) mass is 453 g/mol. The van der Waals surface area contributed by atoms with E-state index in [0.717, 1.165) is 42.2 Å². The quantitative estimate of drug-likeness (QED) is 0.609. The van der Waals surface area contributed by atoms with Crippen molar-refractivity contribution < 1.29 is 14.3 Å². The molecular formula is C23H20ClN3O3S.